The van der Waals surface area contributed by atoms with E-state index in [0.717, 1.165) is 11.8 Å². The summed E-state index contributed by atoms with van der Waals surface area (Å²) in [6, 6.07) is 0.962. The van der Waals surface area contributed by atoms with Crippen molar-refractivity contribution in [2.75, 3.05) is 29.2 Å². The number of halogens is 3. The number of hydrogen-bond donors (Lipinski definition) is 2. The molecule has 1 aromatic rings. The van der Waals surface area contributed by atoms with Gasteiger partial charge < -0.3 is 4.90 Å². The highest BCUT2D eigenvalue weighted by molar-refractivity contribution is 8.00. The van der Waals surface area contributed by atoms with E-state index in [2.05, 4.69) is 15.4 Å². The first-order valence-electron chi connectivity index (χ1n) is 5.69. The highest BCUT2D eigenvalue weighted by atomic mass is 32.2. The molecule has 1 aliphatic rings. The van der Waals surface area contributed by atoms with Crippen LogP contribution in [-0.4, -0.2) is 34.1 Å². The van der Waals surface area contributed by atoms with Crippen LogP contribution in [-0.2, 0) is 6.18 Å². The largest absolute Gasteiger partial charge is 0.433 e. The number of nitrogen functional groups attached to an aromatic ring is 1. The molecule has 0 aliphatic carbocycles. The second-order valence-electron chi connectivity index (χ2n) is 4.20. The molecule has 1 aliphatic heterocycles. The predicted molar refractivity (Wildman–Crippen MR) is 69.0 cm³/mol. The van der Waals surface area contributed by atoms with Gasteiger partial charge in [-0.25, -0.2) is 10.8 Å². The summed E-state index contributed by atoms with van der Waals surface area (Å²) in [4.78, 5) is 9.14. The van der Waals surface area contributed by atoms with Gasteiger partial charge in [0.1, 0.15) is 5.82 Å². The normalized spacial score (nSPS) is 20.5. The minimum atomic E-state index is -4.51. The molecule has 0 amide bonds. The van der Waals surface area contributed by atoms with Crippen LogP contribution in [0.2, 0.25) is 0 Å². The second-order valence-corrected chi connectivity index (χ2v) is 5.75. The molecule has 106 valence electrons. The molecule has 3 N–H and O–H groups in total. The molecule has 19 heavy (non-hydrogen) atoms. The standard InChI is InChI=1S/C10H14F3N5S/c1-6-5-18(2-3-19-6)8-4-7(10(11,12)13)15-9(16-8)17-14/h4,6H,2-3,5,14H2,1H3,(H,15,16,17). The van der Waals surface area contributed by atoms with Crippen LogP contribution in [0.1, 0.15) is 12.6 Å². The van der Waals surface area contributed by atoms with Gasteiger partial charge in [-0.1, -0.05) is 6.92 Å². The van der Waals surface area contributed by atoms with E-state index in [0.29, 0.717) is 18.3 Å². The molecular formula is C10H14F3N5S. The van der Waals surface area contributed by atoms with Crippen LogP contribution in [0.15, 0.2) is 6.07 Å². The van der Waals surface area contributed by atoms with Crippen molar-refractivity contribution < 1.29 is 13.2 Å². The maximum atomic E-state index is 12.7. The van der Waals surface area contributed by atoms with Crippen LogP contribution < -0.4 is 16.2 Å². The summed E-state index contributed by atoms with van der Waals surface area (Å²) in [7, 11) is 0. The summed E-state index contributed by atoms with van der Waals surface area (Å²) in [5.74, 6) is 6.01. The SMILES string of the molecule is CC1CN(c2cc(C(F)(F)F)nc(NN)n2)CCS1. The first-order chi connectivity index (χ1) is 8.90. The Labute approximate surface area is 112 Å². The maximum Gasteiger partial charge on any atom is 0.433 e. The van der Waals surface area contributed by atoms with Crippen molar-refractivity contribution in [1.82, 2.24) is 9.97 Å². The quantitative estimate of drug-likeness (QED) is 0.639. The highest BCUT2D eigenvalue weighted by Gasteiger charge is 2.34. The molecule has 0 bridgehead atoms. The van der Waals surface area contributed by atoms with Gasteiger partial charge in [-0.15, -0.1) is 0 Å². The number of aromatic nitrogens is 2. The van der Waals surface area contributed by atoms with Gasteiger partial charge in [-0.2, -0.15) is 29.9 Å². The Morgan fingerprint density at radius 3 is 2.79 bits per heavy atom. The van der Waals surface area contributed by atoms with Gasteiger partial charge in [0, 0.05) is 30.2 Å². The van der Waals surface area contributed by atoms with Crippen molar-refractivity contribution in [3.63, 3.8) is 0 Å². The van der Waals surface area contributed by atoms with E-state index in [1.54, 1.807) is 11.8 Å². The molecule has 0 aromatic carbocycles. The Bertz CT molecular complexity index is 453. The van der Waals surface area contributed by atoms with E-state index in [1.807, 2.05) is 11.8 Å². The summed E-state index contributed by atoms with van der Waals surface area (Å²) in [5, 5.41) is 0.354. The molecule has 2 heterocycles. The summed E-state index contributed by atoms with van der Waals surface area (Å²) < 4.78 is 38.2. The maximum absolute atomic E-state index is 12.7. The average Bonchev–Trinajstić information content (AvgIpc) is 2.37. The zero-order valence-electron chi connectivity index (χ0n) is 10.2. The van der Waals surface area contributed by atoms with Crippen LogP contribution in [0, 0.1) is 0 Å². The van der Waals surface area contributed by atoms with E-state index in [1.165, 1.54) is 0 Å². The van der Waals surface area contributed by atoms with Gasteiger partial charge in [-0.3, -0.25) is 5.43 Å². The third kappa shape index (κ3) is 3.41. The van der Waals surface area contributed by atoms with Crippen molar-refractivity contribution in [3.8, 4) is 0 Å². The molecule has 0 saturated carbocycles. The number of anilines is 2. The van der Waals surface area contributed by atoms with E-state index >= 15 is 0 Å². The number of nitrogens with one attached hydrogen (secondary N) is 1. The summed E-state index contributed by atoms with van der Waals surface area (Å²) in [6.07, 6.45) is -4.51. The first kappa shape index (κ1) is 14.2. The number of nitrogens with two attached hydrogens (primary N) is 1. The molecule has 0 spiro atoms. The fraction of sp³-hybridized carbons (Fsp3) is 0.600. The van der Waals surface area contributed by atoms with Gasteiger partial charge in [0.2, 0.25) is 5.95 Å². The fourth-order valence-corrected chi connectivity index (χ4v) is 2.85. The van der Waals surface area contributed by atoms with Crippen molar-refractivity contribution in [2.45, 2.75) is 18.3 Å². The lowest BCUT2D eigenvalue weighted by molar-refractivity contribution is -0.141. The van der Waals surface area contributed by atoms with Crippen LogP contribution in [0.25, 0.3) is 0 Å². The van der Waals surface area contributed by atoms with Gasteiger partial charge in [-0.05, 0) is 0 Å². The lowest BCUT2D eigenvalue weighted by atomic mass is 10.3. The number of alkyl halides is 3. The van der Waals surface area contributed by atoms with Crippen molar-refractivity contribution in [2.24, 2.45) is 5.84 Å². The zero-order valence-corrected chi connectivity index (χ0v) is 11.1. The monoisotopic (exact) mass is 293 g/mol. The molecule has 0 radical (unpaired) electrons. The Balaban J connectivity index is 2.34. The Kier molecular flexibility index (Phi) is 4.04. The number of rotatable bonds is 2. The third-order valence-electron chi connectivity index (χ3n) is 2.70. The minimum Gasteiger partial charge on any atom is -0.355 e. The Hall–Kier alpha value is -1.22. The topological polar surface area (TPSA) is 67.1 Å². The molecule has 1 saturated heterocycles. The number of thioether (sulfide) groups is 1. The van der Waals surface area contributed by atoms with Crippen molar-refractivity contribution in [1.29, 1.82) is 0 Å². The average molecular weight is 293 g/mol. The molecule has 2 rings (SSSR count). The van der Waals surface area contributed by atoms with Gasteiger partial charge in [0.25, 0.3) is 0 Å². The first-order valence-corrected chi connectivity index (χ1v) is 6.74. The molecule has 1 fully saturated rings. The van der Waals surface area contributed by atoms with E-state index in [9.17, 15) is 13.2 Å². The van der Waals surface area contributed by atoms with E-state index in [-0.39, 0.29) is 11.8 Å². The zero-order chi connectivity index (χ0) is 14.0. The van der Waals surface area contributed by atoms with Crippen LogP contribution in [0.3, 0.4) is 0 Å². The van der Waals surface area contributed by atoms with Gasteiger partial charge in [0.15, 0.2) is 5.69 Å². The summed E-state index contributed by atoms with van der Waals surface area (Å²) in [5.41, 5.74) is 1.09. The molecule has 9 heteroatoms. The molecular weight excluding hydrogens is 279 g/mol. The van der Waals surface area contributed by atoms with Gasteiger partial charge >= 0.3 is 6.18 Å². The van der Waals surface area contributed by atoms with Crippen LogP contribution >= 0.6 is 11.8 Å². The predicted octanol–water partition coefficient (Wildman–Crippen LogP) is 1.72. The van der Waals surface area contributed by atoms with Crippen LogP contribution in [0.4, 0.5) is 24.9 Å². The minimum absolute atomic E-state index is 0.226. The van der Waals surface area contributed by atoms with E-state index in [4.69, 9.17) is 5.84 Å². The highest BCUT2D eigenvalue weighted by Crippen LogP contribution is 2.31. The molecule has 1 aromatic heterocycles. The third-order valence-corrected chi connectivity index (χ3v) is 3.83. The lowest BCUT2D eigenvalue weighted by Crippen LogP contribution is -2.37. The summed E-state index contributed by atoms with van der Waals surface area (Å²) >= 11 is 1.79. The van der Waals surface area contributed by atoms with E-state index < -0.39 is 11.9 Å². The fourth-order valence-electron chi connectivity index (χ4n) is 1.83. The lowest BCUT2D eigenvalue weighted by Gasteiger charge is -2.31. The Morgan fingerprint density at radius 1 is 1.47 bits per heavy atom. The smallest absolute Gasteiger partial charge is 0.355 e. The molecule has 1 unspecified atom stereocenters. The molecule has 1 atom stereocenters. The summed E-state index contributed by atoms with van der Waals surface area (Å²) in [6.45, 7) is 3.35. The van der Waals surface area contributed by atoms with Crippen LogP contribution in [0.5, 0.6) is 0 Å². The number of hydrogen-bond acceptors (Lipinski definition) is 6. The Morgan fingerprint density at radius 2 is 2.21 bits per heavy atom. The molecule has 5 nitrogen and oxygen atoms in total. The van der Waals surface area contributed by atoms with Crippen molar-refractivity contribution >= 4 is 23.5 Å². The van der Waals surface area contributed by atoms with Crippen molar-refractivity contribution in [3.05, 3.63) is 11.8 Å². The van der Waals surface area contributed by atoms with Gasteiger partial charge in [0.05, 0.1) is 0 Å². The number of hydrazine groups is 1. The number of nitrogens with zero attached hydrogens (tertiary/aromatic N) is 3. The second kappa shape index (κ2) is 5.41.